The van der Waals surface area contributed by atoms with Crippen LogP contribution in [-0.2, 0) is 10.8 Å². The highest BCUT2D eigenvalue weighted by molar-refractivity contribution is 7.84. The summed E-state index contributed by atoms with van der Waals surface area (Å²) in [4.78, 5) is 21.1. The van der Waals surface area contributed by atoms with Crippen molar-refractivity contribution in [3.05, 3.63) is 95.3 Å². The molecule has 2 fully saturated rings. The van der Waals surface area contributed by atoms with Crippen LogP contribution in [0.1, 0.15) is 65.9 Å². The van der Waals surface area contributed by atoms with E-state index in [0.29, 0.717) is 29.0 Å². The third-order valence-corrected chi connectivity index (χ3v) is 9.67. The molecule has 0 radical (unpaired) electrons. The Morgan fingerprint density at radius 1 is 1.00 bits per heavy atom. The highest BCUT2D eigenvalue weighted by atomic mass is 32.2. The van der Waals surface area contributed by atoms with Gasteiger partial charge in [-0.2, -0.15) is 0 Å². The fourth-order valence-corrected chi connectivity index (χ4v) is 7.35. The van der Waals surface area contributed by atoms with E-state index in [-0.39, 0.29) is 29.6 Å². The number of fused-ring (bicyclic) bond motifs is 3. The lowest BCUT2D eigenvalue weighted by Crippen LogP contribution is -2.45. The van der Waals surface area contributed by atoms with E-state index < -0.39 is 10.8 Å². The summed E-state index contributed by atoms with van der Waals surface area (Å²) in [6.45, 7) is 2.77. The van der Waals surface area contributed by atoms with Crippen LogP contribution in [0.2, 0.25) is 0 Å². The number of rotatable bonds is 8. The second kappa shape index (κ2) is 11.4. The minimum Gasteiger partial charge on any atom is -0.345 e. The molecule has 2 aliphatic heterocycles. The van der Waals surface area contributed by atoms with Crippen LogP contribution in [0, 0.1) is 18.6 Å². The zero-order chi connectivity index (χ0) is 28.7. The van der Waals surface area contributed by atoms with Crippen molar-refractivity contribution in [1.82, 2.24) is 19.8 Å². The third-order valence-electron chi connectivity index (χ3n) is 8.73. The van der Waals surface area contributed by atoms with E-state index in [2.05, 4.69) is 19.8 Å². The van der Waals surface area contributed by atoms with Gasteiger partial charge in [-0.25, -0.2) is 13.8 Å². The van der Waals surface area contributed by atoms with Crippen LogP contribution in [0.25, 0.3) is 11.0 Å². The fourth-order valence-electron chi connectivity index (χ4n) is 6.83. The number of imidazole rings is 1. The average molecular weight is 577 g/mol. The second-order valence-corrected chi connectivity index (χ2v) is 12.6. The van der Waals surface area contributed by atoms with Crippen molar-refractivity contribution >= 4 is 27.7 Å². The maximum Gasteiger partial charge on any atom is 0.251 e. The number of halogens is 2. The lowest BCUT2D eigenvalue weighted by atomic mass is 9.95. The Hall–Kier alpha value is -3.43. The van der Waals surface area contributed by atoms with E-state index in [1.165, 1.54) is 18.2 Å². The summed E-state index contributed by atoms with van der Waals surface area (Å²) in [5, 5.41) is 3.12. The van der Waals surface area contributed by atoms with Crippen molar-refractivity contribution < 1.29 is 17.8 Å². The van der Waals surface area contributed by atoms with Crippen molar-refractivity contribution in [2.24, 2.45) is 0 Å². The number of nitrogens with zero attached hydrogens (tertiary/aromatic N) is 3. The number of nitrogens with one attached hydrogen (secondary N) is 1. The monoisotopic (exact) mass is 576 g/mol. The molecule has 0 saturated carbocycles. The van der Waals surface area contributed by atoms with Crippen LogP contribution >= 0.6 is 0 Å². The van der Waals surface area contributed by atoms with E-state index >= 15 is 0 Å². The number of hydrogen-bond acceptors (Lipinski definition) is 4. The molecule has 3 heterocycles. The first-order valence-electron chi connectivity index (χ1n) is 14.2. The SMILES string of the molecule is Cc1nc2ccc(F)cc2n1C1C[C@H]2CC[C@@H](C1)N2CC[C@H](NC(=O)c1ccc(S(C)=O)cc1)c1cccc(F)c1. The Morgan fingerprint density at radius 3 is 2.39 bits per heavy atom. The Morgan fingerprint density at radius 2 is 1.71 bits per heavy atom. The second-order valence-electron chi connectivity index (χ2n) is 11.3. The molecule has 6 nitrogen and oxygen atoms in total. The van der Waals surface area contributed by atoms with Gasteiger partial charge in [-0.05, 0) is 99.2 Å². The Labute approximate surface area is 241 Å². The van der Waals surface area contributed by atoms with E-state index in [9.17, 15) is 17.8 Å². The van der Waals surface area contributed by atoms with Gasteiger partial charge in [0.05, 0.1) is 17.1 Å². The first-order valence-corrected chi connectivity index (χ1v) is 15.7. The van der Waals surface area contributed by atoms with Gasteiger partial charge in [-0.3, -0.25) is 13.9 Å². The number of aryl methyl sites for hydroxylation is 1. The van der Waals surface area contributed by atoms with Crippen molar-refractivity contribution in [3.63, 3.8) is 0 Å². The molecule has 5 atom stereocenters. The lowest BCUT2D eigenvalue weighted by molar-refractivity contribution is 0.0896. The van der Waals surface area contributed by atoms with Gasteiger partial charge in [-0.15, -0.1) is 0 Å². The molecule has 4 aromatic rings. The standard InChI is InChI=1S/C32H34F2N4O2S/c1-20-35-30-13-8-24(34)17-31(30)38(20)27-18-25-9-10-26(19-27)37(25)15-14-29(22-4-3-5-23(33)16-22)36-32(39)21-6-11-28(12-7-21)41(2)40/h3-8,11-13,16-17,25-27,29H,9-10,14-15,18-19H2,1-2H3,(H,36,39)/t25-,26+,27?,29-,41?/m0/s1. The third kappa shape index (κ3) is 5.70. The van der Waals surface area contributed by atoms with E-state index in [4.69, 9.17) is 0 Å². The van der Waals surface area contributed by atoms with Crippen LogP contribution < -0.4 is 5.32 Å². The van der Waals surface area contributed by atoms with Gasteiger partial charge in [-0.1, -0.05) is 12.1 Å². The fraction of sp³-hybridized carbons (Fsp3) is 0.375. The van der Waals surface area contributed by atoms with Gasteiger partial charge in [0, 0.05) is 52.2 Å². The summed E-state index contributed by atoms with van der Waals surface area (Å²) in [7, 11) is -1.12. The van der Waals surface area contributed by atoms with Gasteiger partial charge >= 0.3 is 0 Å². The van der Waals surface area contributed by atoms with E-state index in [1.807, 2.05) is 13.0 Å². The van der Waals surface area contributed by atoms with Crippen molar-refractivity contribution in [2.75, 3.05) is 12.8 Å². The summed E-state index contributed by atoms with van der Waals surface area (Å²) in [6.07, 6.45) is 6.36. The Balaban J connectivity index is 1.18. The summed E-state index contributed by atoms with van der Waals surface area (Å²) in [5.74, 6) is 0.0807. The molecule has 1 amide bonds. The van der Waals surface area contributed by atoms with Crippen LogP contribution in [0.5, 0.6) is 0 Å². The summed E-state index contributed by atoms with van der Waals surface area (Å²) >= 11 is 0. The number of piperidine rings is 1. The maximum absolute atomic E-state index is 14.2. The molecule has 0 aliphatic carbocycles. The molecule has 3 aromatic carbocycles. The molecular weight excluding hydrogens is 542 g/mol. The number of carbonyl (C=O) groups is 1. The maximum atomic E-state index is 14.2. The first-order chi connectivity index (χ1) is 19.8. The quantitative estimate of drug-likeness (QED) is 0.276. The van der Waals surface area contributed by atoms with Crippen LogP contribution in [-0.4, -0.2) is 49.5 Å². The largest absolute Gasteiger partial charge is 0.345 e. The molecule has 6 rings (SSSR count). The number of benzene rings is 3. The van der Waals surface area contributed by atoms with Gasteiger partial charge in [0.2, 0.25) is 0 Å². The Bertz CT molecular complexity index is 1590. The van der Waals surface area contributed by atoms with Crippen molar-refractivity contribution in [1.29, 1.82) is 0 Å². The van der Waals surface area contributed by atoms with Crippen LogP contribution in [0.4, 0.5) is 8.78 Å². The molecule has 1 N–H and O–H groups in total. The van der Waals surface area contributed by atoms with E-state index in [0.717, 1.165) is 54.6 Å². The molecule has 2 saturated heterocycles. The number of hydrogen-bond donors (Lipinski definition) is 1. The van der Waals surface area contributed by atoms with Crippen LogP contribution in [0.15, 0.2) is 71.6 Å². The predicted molar refractivity (Wildman–Crippen MR) is 156 cm³/mol. The number of aromatic nitrogens is 2. The highest BCUT2D eigenvalue weighted by Crippen LogP contribution is 2.42. The molecule has 214 valence electrons. The zero-order valence-electron chi connectivity index (χ0n) is 23.2. The predicted octanol–water partition coefficient (Wildman–Crippen LogP) is 6.09. The van der Waals surface area contributed by atoms with Crippen molar-refractivity contribution in [3.8, 4) is 0 Å². The van der Waals surface area contributed by atoms with Gasteiger partial charge < -0.3 is 9.88 Å². The molecule has 2 aliphatic rings. The topological polar surface area (TPSA) is 67.2 Å². The molecule has 0 spiro atoms. The molecule has 9 heteroatoms. The van der Waals surface area contributed by atoms with E-state index in [1.54, 1.807) is 48.7 Å². The molecule has 1 aromatic heterocycles. The molecule has 2 unspecified atom stereocenters. The van der Waals surface area contributed by atoms with Crippen molar-refractivity contribution in [2.45, 2.75) is 68.1 Å². The summed E-state index contributed by atoms with van der Waals surface area (Å²) in [6, 6.07) is 18.6. The van der Waals surface area contributed by atoms with Gasteiger partial charge in [0.25, 0.3) is 5.91 Å². The average Bonchev–Trinajstić information content (AvgIpc) is 3.40. The first kappa shape index (κ1) is 27.7. The summed E-state index contributed by atoms with van der Waals surface area (Å²) < 4.78 is 42.3. The van der Waals surface area contributed by atoms with Gasteiger partial charge in [0.15, 0.2) is 0 Å². The van der Waals surface area contributed by atoms with Crippen LogP contribution in [0.3, 0.4) is 0 Å². The lowest BCUT2D eigenvalue weighted by Gasteiger charge is -2.40. The molecule has 2 bridgehead atoms. The highest BCUT2D eigenvalue weighted by Gasteiger charge is 2.41. The molecular formula is C32H34F2N4O2S. The number of amides is 1. The minimum atomic E-state index is -1.12. The summed E-state index contributed by atoms with van der Waals surface area (Å²) in [5.41, 5.74) is 2.88. The van der Waals surface area contributed by atoms with Gasteiger partial charge in [0.1, 0.15) is 17.5 Å². The smallest absolute Gasteiger partial charge is 0.251 e. The number of carbonyl (C=O) groups excluding carboxylic acids is 1. The normalized spacial score (nSPS) is 22.1. The Kier molecular flexibility index (Phi) is 7.74. The minimum absolute atomic E-state index is 0.246. The zero-order valence-corrected chi connectivity index (χ0v) is 24.0. The molecule has 41 heavy (non-hydrogen) atoms.